The fourth-order valence-electron chi connectivity index (χ4n) is 2.98. The number of likely N-dealkylation sites (N-methyl/N-ethyl adjacent to an activating group) is 1. The van der Waals surface area contributed by atoms with Gasteiger partial charge in [0, 0.05) is 26.2 Å². The SMILES string of the molecule is C[C@@H](NC(=O)C1CN(C)C(=O)C1=O)c1cccc(-c2cncn2C)c1. The number of benzene rings is 1. The Kier molecular flexibility index (Phi) is 4.39. The largest absolute Gasteiger partial charge is 0.349 e. The summed E-state index contributed by atoms with van der Waals surface area (Å²) in [5, 5.41) is 2.84. The predicted octanol–water partition coefficient (Wildman–Crippen LogP) is 0.922. The first kappa shape index (κ1) is 16.9. The Bertz CT molecular complexity index is 842. The van der Waals surface area contributed by atoms with Crippen LogP contribution in [0.5, 0.6) is 0 Å². The lowest BCUT2D eigenvalue weighted by molar-refractivity contribution is -0.142. The highest BCUT2D eigenvalue weighted by molar-refractivity contribution is 6.42. The maximum absolute atomic E-state index is 12.4. The van der Waals surface area contributed by atoms with Crippen molar-refractivity contribution in [2.24, 2.45) is 13.0 Å². The lowest BCUT2D eigenvalue weighted by Gasteiger charge is -2.17. The Balaban J connectivity index is 1.75. The fraction of sp³-hybridized carbons (Fsp3) is 0.333. The van der Waals surface area contributed by atoms with E-state index in [-0.39, 0.29) is 12.6 Å². The van der Waals surface area contributed by atoms with E-state index in [0.717, 1.165) is 16.8 Å². The van der Waals surface area contributed by atoms with Crippen molar-refractivity contribution >= 4 is 17.6 Å². The molecule has 2 amide bonds. The number of hydrogen-bond acceptors (Lipinski definition) is 4. The number of Topliss-reactive ketones (excluding diaryl/α,β-unsaturated/α-hetero) is 1. The van der Waals surface area contributed by atoms with E-state index in [0.29, 0.717) is 0 Å². The molecule has 2 heterocycles. The second kappa shape index (κ2) is 6.51. The molecule has 7 nitrogen and oxygen atoms in total. The van der Waals surface area contributed by atoms with E-state index in [1.54, 1.807) is 12.5 Å². The monoisotopic (exact) mass is 340 g/mol. The van der Waals surface area contributed by atoms with Gasteiger partial charge in [-0.15, -0.1) is 0 Å². The summed E-state index contributed by atoms with van der Waals surface area (Å²) >= 11 is 0. The van der Waals surface area contributed by atoms with Crippen molar-refractivity contribution in [3.63, 3.8) is 0 Å². The number of carbonyl (C=O) groups excluding carboxylic acids is 3. The van der Waals surface area contributed by atoms with Gasteiger partial charge in [-0.2, -0.15) is 0 Å². The number of imidazole rings is 1. The van der Waals surface area contributed by atoms with Gasteiger partial charge in [0.1, 0.15) is 5.92 Å². The minimum Gasteiger partial charge on any atom is -0.349 e. The Morgan fingerprint density at radius 1 is 1.32 bits per heavy atom. The topological polar surface area (TPSA) is 84.3 Å². The number of aromatic nitrogens is 2. The second-order valence-electron chi connectivity index (χ2n) is 6.35. The zero-order valence-corrected chi connectivity index (χ0v) is 14.4. The molecule has 3 rings (SSSR count). The van der Waals surface area contributed by atoms with Gasteiger partial charge < -0.3 is 14.8 Å². The zero-order chi connectivity index (χ0) is 18.1. The number of ketones is 1. The third-order valence-electron chi connectivity index (χ3n) is 4.50. The van der Waals surface area contributed by atoms with Gasteiger partial charge in [-0.05, 0) is 18.6 Å². The normalized spacial score (nSPS) is 18.5. The molecule has 1 saturated heterocycles. The van der Waals surface area contributed by atoms with Crippen LogP contribution in [0.1, 0.15) is 18.5 Å². The highest BCUT2D eigenvalue weighted by Gasteiger charge is 2.41. The van der Waals surface area contributed by atoms with Crippen molar-refractivity contribution in [3.05, 3.63) is 42.4 Å². The van der Waals surface area contributed by atoms with Crippen molar-refractivity contribution in [2.75, 3.05) is 13.6 Å². The molecule has 0 bridgehead atoms. The van der Waals surface area contributed by atoms with E-state index in [2.05, 4.69) is 10.3 Å². The summed E-state index contributed by atoms with van der Waals surface area (Å²) in [6, 6.07) is 7.50. The second-order valence-corrected chi connectivity index (χ2v) is 6.35. The average molecular weight is 340 g/mol. The number of hydrogen-bond donors (Lipinski definition) is 1. The number of amides is 2. The van der Waals surface area contributed by atoms with Gasteiger partial charge in [0.25, 0.3) is 5.91 Å². The van der Waals surface area contributed by atoms with E-state index in [9.17, 15) is 14.4 Å². The van der Waals surface area contributed by atoms with E-state index in [4.69, 9.17) is 0 Å². The molecular weight excluding hydrogens is 320 g/mol. The summed E-state index contributed by atoms with van der Waals surface area (Å²) in [6.45, 7) is 1.98. The molecular formula is C18H20N4O3. The average Bonchev–Trinajstić information content (AvgIpc) is 3.13. The van der Waals surface area contributed by atoms with E-state index >= 15 is 0 Å². The van der Waals surface area contributed by atoms with Crippen LogP contribution in [0, 0.1) is 5.92 Å². The molecule has 2 aromatic rings. The molecule has 1 aromatic heterocycles. The van der Waals surface area contributed by atoms with Gasteiger partial charge in [0.2, 0.25) is 11.7 Å². The molecule has 130 valence electrons. The number of nitrogens with zero attached hydrogens (tertiary/aromatic N) is 3. The summed E-state index contributed by atoms with van der Waals surface area (Å²) in [4.78, 5) is 41.2. The standard InChI is InChI=1S/C18H20N4O3/c1-11(20-17(24)14-9-21(2)18(25)16(14)23)12-5-4-6-13(7-12)15-8-19-10-22(15)3/h4-8,10-11,14H,9H2,1-3H3,(H,20,24)/t11-,14?/m1/s1. The van der Waals surface area contributed by atoms with Crippen molar-refractivity contribution < 1.29 is 14.4 Å². The molecule has 0 aliphatic carbocycles. The van der Waals surface area contributed by atoms with Gasteiger partial charge in [-0.3, -0.25) is 14.4 Å². The van der Waals surface area contributed by atoms with Crippen LogP contribution in [0.3, 0.4) is 0 Å². The first-order valence-electron chi connectivity index (χ1n) is 8.05. The van der Waals surface area contributed by atoms with Crippen LogP contribution >= 0.6 is 0 Å². The van der Waals surface area contributed by atoms with E-state index < -0.39 is 23.5 Å². The summed E-state index contributed by atoms with van der Waals surface area (Å²) in [5.41, 5.74) is 2.88. The number of likely N-dealkylation sites (tertiary alicyclic amines) is 1. The fourth-order valence-corrected chi connectivity index (χ4v) is 2.98. The highest BCUT2D eigenvalue weighted by atomic mass is 16.2. The van der Waals surface area contributed by atoms with Crippen LogP contribution in [0.15, 0.2) is 36.8 Å². The molecule has 7 heteroatoms. The van der Waals surface area contributed by atoms with E-state index in [1.807, 2.05) is 42.8 Å². The van der Waals surface area contributed by atoms with Crippen LogP contribution < -0.4 is 5.32 Å². The molecule has 1 aliphatic rings. The van der Waals surface area contributed by atoms with Gasteiger partial charge >= 0.3 is 0 Å². The third-order valence-corrected chi connectivity index (χ3v) is 4.50. The molecule has 1 aliphatic heterocycles. The lowest BCUT2D eigenvalue weighted by Crippen LogP contribution is -2.37. The van der Waals surface area contributed by atoms with Gasteiger partial charge in [0.05, 0.1) is 24.3 Å². The predicted molar refractivity (Wildman–Crippen MR) is 91.3 cm³/mol. The number of aryl methyl sites for hydroxylation is 1. The first-order chi connectivity index (χ1) is 11.9. The summed E-state index contributed by atoms with van der Waals surface area (Å²) in [5.74, 6) is -2.59. The molecule has 1 N–H and O–H groups in total. The van der Waals surface area contributed by atoms with Crippen molar-refractivity contribution in [3.8, 4) is 11.3 Å². The maximum atomic E-state index is 12.4. The minimum atomic E-state index is -0.930. The lowest BCUT2D eigenvalue weighted by atomic mass is 10.0. The van der Waals surface area contributed by atoms with Crippen molar-refractivity contribution in [2.45, 2.75) is 13.0 Å². The van der Waals surface area contributed by atoms with Crippen molar-refractivity contribution in [1.29, 1.82) is 0 Å². The molecule has 1 unspecified atom stereocenters. The third kappa shape index (κ3) is 3.17. The molecule has 0 saturated carbocycles. The van der Waals surface area contributed by atoms with Crippen LogP contribution in [0.2, 0.25) is 0 Å². The Hall–Kier alpha value is -2.96. The summed E-state index contributed by atoms with van der Waals surface area (Å²) in [6.07, 6.45) is 3.51. The Morgan fingerprint density at radius 2 is 2.08 bits per heavy atom. The molecule has 0 radical (unpaired) electrons. The molecule has 1 fully saturated rings. The maximum Gasteiger partial charge on any atom is 0.290 e. The Morgan fingerprint density at radius 3 is 2.68 bits per heavy atom. The van der Waals surface area contributed by atoms with Crippen LogP contribution in [0.4, 0.5) is 0 Å². The molecule has 2 atom stereocenters. The van der Waals surface area contributed by atoms with Crippen LogP contribution in [0.25, 0.3) is 11.3 Å². The number of carbonyl (C=O) groups is 3. The van der Waals surface area contributed by atoms with E-state index in [1.165, 1.54) is 11.9 Å². The van der Waals surface area contributed by atoms with Gasteiger partial charge in [-0.1, -0.05) is 18.2 Å². The number of nitrogens with one attached hydrogen (secondary N) is 1. The minimum absolute atomic E-state index is 0.130. The Labute approximate surface area is 145 Å². The molecule has 0 spiro atoms. The summed E-state index contributed by atoms with van der Waals surface area (Å²) < 4.78 is 1.92. The summed E-state index contributed by atoms with van der Waals surface area (Å²) in [7, 11) is 3.44. The first-order valence-corrected chi connectivity index (χ1v) is 8.05. The number of rotatable bonds is 4. The van der Waals surface area contributed by atoms with Gasteiger partial charge in [-0.25, -0.2) is 4.98 Å². The van der Waals surface area contributed by atoms with Gasteiger partial charge in [0.15, 0.2) is 0 Å². The molecule has 25 heavy (non-hydrogen) atoms. The van der Waals surface area contributed by atoms with Crippen LogP contribution in [-0.4, -0.2) is 45.6 Å². The zero-order valence-electron chi connectivity index (χ0n) is 14.4. The van der Waals surface area contributed by atoms with Crippen LogP contribution in [-0.2, 0) is 21.4 Å². The van der Waals surface area contributed by atoms with Crippen molar-refractivity contribution in [1.82, 2.24) is 19.8 Å². The highest BCUT2D eigenvalue weighted by Crippen LogP contribution is 2.23. The molecule has 1 aromatic carbocycles. The smallest absolute Gasteiger partial charge is 0.290 e. The quantitative estimate of drug-likeness (QED) is 0.663.